The van der Waals surface area contributed by atoms with Gasteiger partial charge in [0, 0.05) is 5.56 Å². The molecule has 1 aliphatic rings. The smallest absolute Gasteiger partial charge is 0.406 e. The van der Waals surface area contributed by atoms with E-state index < -0.39 is 6.36 Å². The van der Waals surface area contributed by atoms with Gasteiger partial charge in [0.05, 0.1) is 6.04 Å². The lowest BCUT2D eigenvalue weighted by Gasteiger charge is -2.14. The lowest BCUT2D eigenvalue weighted by molar-refractivity contribution is -0.274. The Balaban J connectivity index is 1.76. The number of aromatic nitrogens is 2. The lowest BCUT2D eigenvalue weighted by Crippen LogP contribution is -2.17. The van der Waals surface area contributed by atoms with E-state index in [0.717, 1.165) is 19.4 Å². The number of alkyl halides is 3. The van der Waals surface area contributed by atoms with E-state index in [2.05, 4.69) is 19.8 Å². The zero-order chi connectivity index (χ0) is 15.7. The van der Waals surface area contributed by atoms with E-state index in [0.29, 0.717) is 17.3 Å². The SMILES string of the molecule is CN1CCC[C@H]1c1nc(-c2ccc(OC(F)(F)F)cc2)no1. The van der Waals surface area contributed by atoms with Gasteiger partial charge in [-0.05, 0) is 50.7 Å². The van der Waals surface area contributed by atoms with Crippen LogP contribution in [0.4, 0.5) is 13.2 Å². The number of ether oxygens (including phenoxy) is 1. The zero-order valence-electron chi connectivity index (χ0n) is 11.8. The van der Waals surface area contributed by atoms with Gasteiger partial charge in [0.2, 0.25) is 11.7 Å². The van der Waals surface area contributed by atoms with Crippen molar-refractivity contribution in [1.82, 2.24) is 15.0 Å². The molecule has 0 N–H and O–H groups in total. The number of rotatable bonds is 3. The average molecular weight is 313 g/mol. The second kappa shape index (κ2) is 5.60. The topological polar surface area (TPSA) is 51.4 Å². The summed E-state index contributed by atoms with van der Waals surface area (Å²) >= 11 is 0. The number of nitrogens with zero attached hydrogens (tertiary/aromatic N) is 3. The average Bonchev–Trinajstić information content (AvgIpc) is 3.06. The van der Waals surface area contributed by atoms with Crippen molar-refractivity contribution >= 4 is 0 Å². The molecule has 2 heterocycles. The van der Waals surface area contributed by atoms with E-state index in [1.54, 1.807) is 0 Å². The lowest BCUT2D eigenvalue weighted by atomic mass is 10.2. The van der Waals surface area contributed by atoms with Crippen molar-refractivity contribution in [3.8, 4) is 17.1 Å². The first-order chi connectivity index (χ1) is 10.4. The Morgan fingerprint density at radius 1 is 1.27 bits per heavy atom. The van der Waals surface area contributed by atoms with Crippen LogP contribution >= 0.6 is 0 Å². The van der Waals surface area contributed by atoms with Crippen molar-refractivity contribution in [2.45, 2.75) is 25.2 Å². The monoisotopic (exact) mass is 313 g/mol. The molecule has 1 fully saturated rings. The van der Waals surface area contributed by atoms with E-state index >= 15 is 0 Å². The molecule has 0 spiro atoms. The van der Waals surface area contributed by atoms with Crippen LogP contribution in [0.5, 0.6) is 5.75 Å². The molecule has 1 saturated heterocycles. The minimum Gasteiger partial charge on any atom is -0.406 e. The number of likely N-dealkylation sites (tertiary alicyclic amines) is 1. The van der Waals surface area contributed by atoms with Gasteiger partial charge in [-0.1, -0.05) is 5.16 Å². The Morgan fingerprint density at radius 2 is 2.00 bits per heavy atom. The maximum Gasteiger partial charge on any atom is 0.573 e. The standard InChI is InChI=1S/C14H14F3N3O2/c1-20-8-2-3-11(20)13-18-12(19-22-13)9-4-6-10(7-5-9)21-14(15,16)17/h4-7,11H,2-3,8H2,1H3/t11-/m0/s1. The van der Waals surface area contributed by atoms with Crippen LogP contribution in [0.25, 0.3) is 11.4 Å². The Morgan fingerprint density at radius 3 is 2.59 bits per heavy atom. The summed E-state index contributed by atoms with van der Waals surface area (Å²) in [5.74, 6) is 0.606. The fourth-order valence-electron chi connectivity index (χ4n) is 2.52. The third kappa shape index (κ3) is 3.22. The van der Waals surface area contributed by atoms with E-state index in [1.165, 1.54) is 24.3 Å². The summed E-state index contributed by atoms with van der Waals surface area (Å²) < 4.78 is 45.4. The first-order valence-electron chi connectivity index (χ1n) is 6.82. The van der Waals surface area contributed by atoms with Crippen molar-refractivity contribution < 1.29 is 22.4 Å². The summed E-state index contributed by atoms with van der Waals surface area (Å²) in [6.07, 6.45) is -2.67. The molecule has 0 saturated carbocycles. The molecular formula is C14H14F3N3O2. The molecule has 118 valence electrons. The van der Waals surface area contributed by atoms with Crippen LogP contribution in [0.2, 0.25) is 0 Å². The molecule has 0 aliphatic carbocycles. The maximum atomic E-state index is 12.1. The molecule has 1 aromatic carbocycles. The van der Waals surface area contributed by atoms with E-state index in [9.17, 15) is 13.2 Å². The third-order valence-corrected chi connectivity index (χ3v) is 3.59. The molecule has 5 nitrogen and oxygen atoms in total. The van der Waals surface area contributed by atoms with Gasteiger partial charge in [-0.15, -0.1) is 13.2 Å². The maximum absolute atomic E-state index is 12.1. The van der Waals surface area contributed by atoms with Gasteiger partial charge in [0.1, 0.15) is 5.75 Å². The molecule has 22 heavy (non-hydrogen) atoms. The summed E-state index contributed by atoms with van der Waals surface area (Å²) in [7, 11) is 1.99. The summed E-state index contributed by atoms with van der Waals surface area (Å²) in [6, 6.07) is 5.48. The number of benzene rings is 1. The van der Waals surface area contributed by atoms with Gasteiger partial charge in [-0.3, -0.25) is 4.90 Å². The molecule has 0 bridgehead atoms. The molecule has 1 aliphatic heterocycles. The summed E-state index contributed by atoms with van der Waals surface area (Å²) in [5, 5.41) is 3.89. The minimum absolute atomic E-state index is 0.106. The number of halogens is 3. The highest BCUT2D eigenvalue weighted by atomic mass is 19.4. The van der Waals surface area contributed by atoms with E-state index in [-0.39, 0.29) is 11.8 Å². The first-order valence-corrected chi connectivity index (χ1v) is 6.82. The normalized spacial score (nSPS) is 19.5. The van der Waals surface area contributed by atoms with Crippen molar-refractivity contribution in [2.75, 3.05) is 13.6 Å². The molecule has 1 atom stereocenters. The summed E-state index contributed by atoms with van der Waals surface area (Å²) in [6.45, 7) is 0.978. The number of hydrogen-bond donors (Lipinski definition) is 0. The first kappa shape index (κ1) is 14.8. The van der Waals surface area contributed by atoms with E-state index in [1.807, 2.05) is 7.05 Å². The van der Waals surface area contributed by atoms with Gasteiger partial charge < -0.3 is 9.26 Å². The quantitative estimate of drug-likeness (QED) is 0.869. The van der Waals surface area contributed by atoms with Crippen LogP contribution in [0, 0.1) is 0 Å². The zero-order valence-corrected chi connectivity index (χ0v) is 11.8. The molecule has 3 rings (SSSR count). The van der Waals surface area contributed by atoms with Gasteiger partial charge in [0.25, 0.3) is 0 Å². The fraction of sp³-hybridized carbons (Fsp3) is 0.429. The van der Waals surface area contributed by atoms with Crippen LogP contribution in [0.3, 0.4) is 0 Å². The van der Waals surface area contributed by atoms with Crippen molar-refractivity contribution in [1.29, 1.82) is 0 Å². The predicted molar refractivity (Wildman–Crippen MR) is 71.0 cm³/mol. The second-order valence-corrected chi connectivity index (χ2v) is 5.17. The highest BCUT2D eigenvalue weighted by molar-refractivity contribution is 5.55. The van der Waals surface area contributed by atoms with Crippen LogP contribution < -0.4 is 4.74 Å². The molecule has 0 unspecified atom stereocenters. The third-order valence-electron chi connectivity index (χ3n) is 3.59. The Labute approximate surface area is 124 Å². The highest BCUT2D eigenvalue weighted by Gasteiger charge is 2.31. The summed E-state index contributed by atoms with van der Waals surface area (Å²) in [4.78, 5) is 6.47. The van der Waals surface area contributed by atoms with Crippen LogP contribution in [0.15, 0.2) is 28.8 Å². The largest absolute Gasteiger partial charge is 0.573 e. The second-order valence-electron chi connectivity index (χ2n) is 5.17. The van der Waals surface area contributed by atoms with Gasteiger partial charge >= 0.3 is 6.36 Å². The van der Waals surface area contributed by atoms with E-state index in [4.69, 9.17) is 4.52 Å². The van der Waals surface area contributed by atoms with Crippen LogP contribution in [0.1, 0.15) is 24.8 Å². The molecule has 0 radical (unpaired) electrons. The predicted octanol–water partition coefficient (Wildman–Crippen LogP) is 3.40. The van der Waals surface area contributed by atoms with Gasteiger partial charge in [-0.2, -0.15) is 4.98 Å². The number of hydrogen-bond acceptors (Lipinski definition) is 5. The van der Waals surface area contributed by atoms with Gasteiger partial charge in [-0.25, -0.2) is 0 Å². The minimum atomic E-state index is -4.70. The summed E-state index contributed by atoms with van der Waals surface area (Å²) in [5.41, 5.74) is 0.574. The van der Waals surface area contributed by atoms with Crippen molar-refractivity contribution in [3.05, 3.63) is 30.2 Å². The molecule has 2 aromatic rings. The molecular weight excluding hydrogens is 299 g/mol. The Kier molecular flexibility index (Phi) is 3.78. The van der Waals surface area contributed by atoms with Crippen LogP contribution in [-0.2, 0) is 0 Å². The molecule has 0 amide bonds. The fourth-order valence-corrected chi connectivity index (χ4v) is 2.52. The molecule has 1 aromatic heterocycles. The Hall–Kier alpha value is -2.09. The van der Waals surface area contributed by atoms with Crippen molar-refractivity contribution in [3.63, 3.8) is 0 Å². The van der Waals surface area contributed by atoms with Crippen LogP contribution in [-0.4, -0.2) is 35.0 Å². The molecule has 8 heteroatoms. The van der Waals surface area contributed by atoms with Gasteiger partial charge in [0.15, 0.2) is 0 Å². The van der Waals surface area contributed by atoms with Crippen molar-refractivity contribution in [2.24, 2.45) is 0 Å². The Bertz CT molecular complexity index is 640. The highest BCUT2D eigenvalue weighted by Crippen LogP contribution is 2.31.